The van der Waals surface area contributed by atoms with Crippen LogP contribution in [0, 0.1) is 0 Å². The van der Waals surface area contributed by atoms with Crippen LogP contribution in [0.25, 0.3) is 0 Å². The SMILES string of the molecule is Cl.Nc1c(Br)cc(Br)cc1[C@H]1NC(=O)OCC1(F)F. The molecule has 0 unspecified atom stereocenters. The van der Waals surface area contributed by atoms with Crippen molar-refractivity contribution in [2.45, 2.75) is 12.0 Å². The number of cyclic esters (lactones) is 1. The second kappa shape index (κ2) is 5.80. The first-order valence-corrected chi connectivity index (χ1v) is 6.45. The number of halogens is 5. The van der Waals surface area contributed by atoms with Crippen molar-refractivity contribution in [3.8, 4) is 0 Å². The van der Waals surface area contributed by atoms with Crippen LogP contribution in [0.2, 0.25) is 0 Å². The van der Waals surface area contributed by atoms with Crippen molar-refractivity contribution in [2.24, 2.45) is 0 Å². The fourth-order valence-corrected chi connectivity index (χ4v) is 2.92. The number of benzene rings is 1. The molecule has 2 rings (SSSR count). The molecule has 1 heterocycles. The topological polar surface area (TPSA) is 64.3 Å². The van der Waals surface area contributed by atoms with E-state index in [-0.39, 0.29) is 23.7 Å². The number of nitrogens with two attached hydrogens (primary N) is 1. The molecule has 1 atom stereocenters. The number of hydrogen-bond donors (Lipinski definition) is 2. The first kappa shape index (κ1) is 16.5. The summed E-state index contributed by atoms with van der Waals surface area (Å²) in [5.74, 6) is -3.22. The van der Waals surface area contributed by atoms with Gasteiger partial charge in [0, 0.05) is 14.5 Å². The Bertz CT molecular complexity index is 517. The van der Waals surface area contributed by atoms with Gasteiger partial charge in [0.05, 0.1) is 5.69 Å². The van der Waals surface area contributed by atoms with E-state index in [2.05, 4.69) is 41.9 Å². The molecular weight excluding hydrogens is 413 g/mol. The molecule has 1 fully saturated rings. The van der Waals surface area contributed by atoms with Crippen molar-refractivity contribution in [2.75, 3.05) is 12.3 Å². The molecule has 1 aromatic rings. The third-order valence-electron chi connectivity index (χ3n) is 2.52. The Morgan fingerprint density at radius 3 is 2.68 bits per heavy atom. The van der Waals surface area contributed by atoms with E-state index in [0.717, 1.165) is 0 Å². The van der Waals surface area contributed by atoms with E-state index >= 15 is 0 Å². The van der Waals surface area contributed by atoms with Crippen LogP contribution in [0.3, 0.4) is 0 Å². The van der Waals surface area contributed by atoms with Gasteiger partial charge in [-0.2, -0.15) is 0 Å². The maximum Gasteiger partial charge on any atom is 0.408 e. The van der Waals surface area contributed by atoms with Gasteiger partial charge in [0.25, 0.3) is 0 Å². The zero-order valence-corrected chi connectivity index (χ0v) is 13.2. The number of anilines is 1. The van der Waals surface area contributed by atoms with E-state index < -0.39 is 24.7 Å². The van der Waals surface area contributed by atoms with E-state index in [1.165, 1.54) is 6.07 Å². The first-order chi connectivity index (χ1) is 8.31. The number of alkyl halides is 2. The summed E-state index contributed by atoms with van der Waals surface area (Å²) in [5, 5.41) is 2.09. The molecule has 9 heteroatoms. The normalized spacial score (nSPS) is 21.1. The van der Waals surface area contributed by atoms with E-state index in [4.69, 9.17) is 5.73 Å². The zero-order chi connectivity index (χ0) is 13.5. The number of nitrogens with one attached hydrogen (secondary N) is 1. The lowest BCUT2D eigenvalue weighted by atomic mass is 9.98. The van der Waals surface area contributed by atoms with Crippen LogP contribution < -0.4 is 11.1 Å². The van der Waals surface area contributed by atoms with Gasteiger partial charge in [-0.15, -0.1) is 12.4 Å². The van der Waals surface area contributed by atoms with Crippen molar-refractivity contribution >= 4 is 56.0 Å². The molecule has 0 radical (unpaired) electrons. The summed E-state index contributed by atoms with van der Waals surface area (Å²) in [6.07, 6.45) is -0.888. The van der Waals surface area contributed by atoms with Gasteiger partial charge in [-0.25, -0.2) is 13.6 Å². The van der Waals surface area contributed by atoms with Crippen LogP contribution in [-0.4, -0.2) is 18.6 Å². The molecule has 0 spiro atoms. The number of nitrogen functional groups attached to an aromatic ring is 1. The standard InChI is InChI=1S/C10H8Br2F2N2O2.ClH/c11-4-1-5(7(15)6(12)2-4)8-10(13,14)3-18-9(17)16-8;/h1-2,8H,3,15H2,(H,16,17);1H/t8-;/m1./s1. The minimum Gasteiger partial charge on any atom is -0.443 e. The van der Waals surface area contributed by atoms with Gasteiger partial charge >= 0.3 is 12.0 Å². The summed E-state index contributed by atoms with van der Waals surface area (Å²) in [7, 11) is 0. The molecule has 1 aliphatic rings. The van der Waals surface area contributed by atoms with Crippen molar-refractivity contribution in [3.63, 3.8) is 0 Å². The van der Waals surface area contributed by atoms with Gasteiger partial charge < -0.3 is 15.8 Å². The molecule has 0 bridgehead atoms. The van der Waals surface area contributed by atoms with Gasteiger partial charge in [-0.05, 0) is 28.1 Å². The molecule has 0 saturated carbocycles. The van der Waals surface area contributed by atoms with E-state index in [1.807, 2.05) is 0 Å². The molecule has 0 aromatic heterocycles. The highest BCUT2D eigenvalue weighted by atomic mass is 79.9. The molecule has 19 heavy (non-hydrogen) atoms. The van der Waals surface area contributed by atoms with Gasteiger partial charge in [-0.3, -0.25) is 0 Å². The first-order valence-electron chi connectivity index (χ1n) is 4.87. The molecule has 1 aliphatic heterocycles. The maximum atomic E-state index is 13.7. The average Bonchev–Trinajstić information content (AvgIpc) is 2.27. The summed E-state index contributed by atoms with van der Waals surface area (Å²) >= 11 is 6.36. The number of carbonyl (C=O) groups is 1. The number of hydrogen-bond acceptors (Lipinski definition) is 3. The number of amides is 1. The summed E-state index contributed by atoms with van der Waals surface area (Å²) < 4.78 is 32.8. The average molecular weight is 422 g/mol. The number of alkyl carbamates (subject to hydrolysis) is 1. The lowest BCUT2D eigenvalue weighted by molar-refractivity contribution is -0.104. The fraction of sp³-hybridized carbons (Fsp3) is 0.300. The van der Waals surface area contributed by atoms with Crippen LogP contribution in [0.4, 0.5) is 19.3 Å². The third-order valence-corrected chi connectivity index (χ3v) is 3.63. The molecule has 0 aliphatic carbocycles. The smallest absolute Gasteiger partial charge is 0.408 e. The minimum absolute atomic E-state index is 0. The van der Waals surface area contributed by atoms with E-state index in [9.17, 15) is 13.6 Å². The highest BCUT2D eigenvalue weighted by Gasteiger charge is 2.47. The summed E-state index contributed by atoms with van der Waals surface area (Å²) in [6.45, 7) is -0.965. The highest BCUT2D eigenvalue weighted by Crippen LogP contribution is 2.40. The summed E-state index contributed by atoms with van der Waals surface area (Å²) in [6, 6.07) is 1.58. The predicted octanol–water partition coefficient (Wildman–Crippen LogP) is 3.63. The largest absolute Gasteiger partial charge is 0.443 e. The lowest BCUT2D eigenvalue weighted by Crippen LogP contribution is -2.49. The Balaban J connectivity index is 0.00000180. The lowest BCUT2D eigenvalue weighted by Gasteiger charge is -2.32. The van der Waals surface area contributed by atoms with Crippen LogP contribution in [0.5, 0.6) is 0 Å². The highest BCUT2D eigenvalue weighted by molar-refractivity contribution is 9.11. The van der Waals surface area contributed by atoms with Gasteiger partial charge in [0.1, 0.15) is 6.04 Å². The number of carbonyl (C=O) groups excluding carboxylic acids is 1. The molecule has 1 amide bonds. The van der Waals surface area contributed by atoms with Crippen molar-refractivity contribution in [3.05, 3.63) is 26.6 Å². The van der Waals surface area contributed by atoms with Crippen molar-refractivity contribution in [1.82, 2.24) is 5.32 Å². The van der Waals surface area contributed by atoms with Crippen molar-refractivity contribution in [1.29, 1.82) is 0 Å². The van der Waals surface area contributed by atoms with E-state index in [0.29, 0.717) is 8.95 Å². The molecule has 1 aromatic carbocycles. The molecule has 106 valence electrons. The molecular formula is C10H9Br2ClF2N2O2. The Kier molecular flexibility index (Phi) is 5.02. The van der Waals surface area contributed by atoms with E-state index in [1.54, 1.807) is 6.07 Å². The summed E-state index contributed by atoms with van der Waals surface area (Å²) in [4.78, 5) is 11.1. The fourth-order valence-electron chi connectivity index (χ4n) is 1.66. The van der Waals surface area contributed by atoms with Gasteiger partial charge in [0.2, 0.25) is 0 Å². The Morgan fingerprint density at radius 1 is 1.42 bits per heavy atom. The zero-order valence-electron chi connectivity index (χ0n) is 9.25. The second-order valence-corrected chi connectivity index (χ2v) is 5.58. The second-order valence-electron chi connectivity index (χ2n) is 3.81. The molecule has 4 nitrogen and oxygen atoms in total. The minimum atomic E-state index is -3.22. The quantitative estimate of drug-likeness (QED) is 0.680. The number of ether oxygens (including phenoxy) is 1. The van der Waals surface area contributed by atoms with Crippen LogP contribution in [-0.2, 0) is 4.74 Å². The molecule has 3 N–H and O–H groups in total. The monoisotopic (exact) mass is 420 g/mol. The Hall–Kier alpha value is -0.600. The van der Waals surface area contributed by atoms with Crippen LogP contribution in [0.15, 0.2) is 21.1 Å². The van der Waals surface area contributed by atoms with Gasteiger partial charge in [0.15, 0.2) is 6.61 Å². The number of rotatable bonds is 1. The van der Waals surface area contributed by atoms with Crippen LogP contribution >= 0.6 is 44.3 Å². The third kappa shape index (κ3) is 3.29. The van der Waals surface area contributed by atoms with Gasteiger partial charge in [-0.1, -0.05) is 15.9 Å². The molecule has 1 saturated heterocycles. The summed E-state index contributed by atoms with van der Waals surface area (Å²) in [5.41, 5.74) is 6.05. The van der Waals surface area contributed by atoms with Crippen LogP contribution in [0.1, 0.15) is 11.6 Å². The maximum absolute atomic E-state index is 13.7. The predicted molar refractivity (Wildman–Crippen MR) is 75.7 cm³/mol. The Morgan fingerprint density at radius 2 is 2.05 bits per heavy atom. The van der Waals surface area contributed by atoms with Crippen molar-refractivity contribution < 1.29 is 18.3 Å². The Labute approximate surface area is 130 Å².